The van der Waals surface area contributed by atoms with Gasteiger partial charge in [0, 0.05) is 48.5 Å². The number of piperazine rings is 1. The summed E-state index contributed by atoms with van der Waals surface area (Å²) in [4.78, 5) is 2.30. The number of benzene rings is 2. The number of rotatable bonds is 4. The molecule has 5 nitrogen and oxygen atoms in total. The maximum absolute atomic E-state index is 13.0. The van der Waals surface area contributed by atoms with Crippen LogP contribution in [0.3, 0.4) is 0 Å². The van der Waals surface area contributed by atoms with Crippen molar-refractivity contribution in [3.05, 3.63) is 65.3 Å². The van der Waals surface area contributed by atoms with E-state index in [1.165, 1.54) is 3.97 Å². The van der Waals surface area contributed by atoms with Gasteiger partial charge in [-0.15, -0.1) is 0 Å². The summed E-state index contributed by atoms with van der Waals surface area (Å²) < 4.78 is 27.3. The van der Waals surface area contributed by atoms with Crippen molar-refractivity contribution in [2.75, 3.05) is 31.1 Å². The Morgan fingerprint density at radius 3 is 2.46 bits per heavy atom. The third kappa shape index (κ3) is 3.32. The van der Waals surface area contributed by atoms with E-state index in [9.17, 15) is 8.42 Å². The Labute approximate surface area is 158 Å². The number of nitrogens with one attached hydrogen (secondary N) is 1. The van der Waals surface area contributed by atoms with Gasteiger partial charge in [0.15, 0.2) is 0 Å². The van der Waals surface area contributed by atoms with Gasteiger partial charge < -0.3 is 10.2 Å². The van der Waals surface area contributed by atoms with Gasteiger partial charge in [-0.05, 0) is 35.9 Å². The van der Waals surface area contributed by atoms with Gasteiger partial charge in [0.25, 0.3) is 0 Å². The lowest BCUT2D eigenvalue weighted by Crippen LogP contribution is -2.43. The Balaban J connectivity index is 1.71. The van der Waals surface area contributed by atoms with E-state index in [2.05, 4.69) is 16.3 Å². The van der Waals surface area contributed by atoms with Gasteiger partial charge in [-0.25, -0.2) is 12.4 Å². The van der Waals surface area contributed by atoms with Crippen LogP contribution < -0.4 is 10.2 Å². The third-order valence-corrected chi connectivity index (χ3v) is 6.56. The van der Waals surface area contributed by atoms with Crippen molar-refractivity contribution in [2.24, 2.45) is 0 Å². The Morgan fingerprint density at radius 2 is 1.73 bits per heavy atom. The van der Waals surface area contributed by atoms with Crippen LogP contribution in [0.4, 0.5) is 5.69 Å². The highest BCUT2D eigenvalue weighted by molar-refractivity contribution is 7.89. The minimum absolute atomic E-state index is 0.0637. The van der Waals surface area contributed by atoms with Crippen LogP contribution in [-0.2, 0) is 15.8 Å². The molecule has 136 valence electrons. The van der Waals surface area contributed by atoms with Crippen LogP contribution in [-0.4, -0.2) is 38.6 Å². The first-order chi connectivity index (χ1) is 12.5. The Kier molecular flexibility index (Phi) is 4.65. The van der Waals surface area contributed by atoms with E-state index in [0.717, 1.165) is 48.3 Å². The molecule has 1 aromatic heterocycles. The SMILES string of the molecule is O=S(=O)(Cc1ccc(Cl)cc1)n1ccc2c(N3CCNCC3)cccc21. The quantitative estimate of drug-likeness (QED) is 0.745. The summed E-state index contributed by atoms with van der Waals surface area (Å²) in [5.74, 6) is -0.0637. The highest BCUT2D eigenvalue weighted by atomic mass is 35.5. The summed E-state index contributed by atoms with van der Waals surface area (Å²) in [7, 11) is -3.51. The Bertz CT molecular complexity index is 1020. The molecule has 1 N–H and O–H groups in total. The zero-order valence-corrected chi connectivity index (χ0v) is 15.8. The summed E-state index contributed by atoms with van der Waals surface area (Å²) in [6, 6.07) is 14.7. The molecule has 0 bridgehead atoms. The average Bonchev–Trinajstić information content (AvgIpc) is 3.09. The molecule has 0 aliphatic carbocycles. The van der Waals surface area contributed by atoms with Crippen molar-refractivity contribution in [3.8, 4) is 0 Å². The summed E-state index contributed by atoms with van der Waals surface area (Å²) in [6.45, 7) is 3.71. The number of fused-ring (bicyclic) bond motifs is 1. The second-order valence-corrected chi connectivity index (χ2v) is 8.72. The van der Waals surface area contributed by atoms with Gasteiger partial charge in [0.05, 0.1) is 11.3 Å². The molecule has 1 aliphatic heterocycles. The Hall–Kier alpha value is -2.02. The molecule has 7 heteroatoms. The van der Waals surface area contributed by atoms with E-state index >= 15 is 0 Å². The number of anilines is 1. The molecule has 0 radical (unpaired) electrons. The first-order valence-electron chi connectivity index (χ1n) is 8.58. The van der Waals surface area contributed by atoms with Crippen molar-refractivity contribution < 1.29 is 8.42 Å². The van der Waals surface area contributed by atoms with Crippen molar-refractivity contribution in [1.82, 2.24) is 9.29 Å². The van der Waals surface area contributed by atoms with E-state index in [0.29, 0.717) is 5.02 Å². The van der Waals surface area contributed by atoms with Gasteiger partial charge in [-0.1, -0.05) is 29.8 Å². The molecule has 3 aromatic rings. The number of aromatic nitrogens is 1. The molecule has 0 spiro atoms. The van der Waals surface area contributed by atoms with Crippen LogP contribution in [0.1, 0.15) is 5.56 Å². The molecule has 2 heterocycles. The lowest BCUT2D eigenvalue weighted by molar-refractivity contribution is 0.588. The minimum atomic E-state index is -3.51. The molecule has 26 heavy (non-hydrogen) atoms. The molecule has 1 aliphatic rings. The maximum atomic E-state index is 13.0. The van der Waals surface area contributed by atoms with Gasteiger partial charge in [0.2, 0.25) is 10.0 Å². The van der Waals surface area contributed by atoms with Gasteiger partial charge in [0.1, 0.15) is 0 Å². The van der Waals surface area contributed by atoms with Gasteiger partial charge in [-0.2, -0.15) is 0 Å². The van der Waals surface area contributed by atoms with E-state index in [1.807, 2.05) is 18.2 Å². The second-order valence-electron chi connectivity index (χ2n) is 6.44. The number of hydrogen-bond donors (Lipinski definition) is 1. The predicted octanol–water partition coefficient (Wildman–Crippen LogP) is 3.08. The minimum Gasteiger partial charge on any atom is -0.368 e. The lowest BCUT2D eigenvalue weighted by Gasteiger charge is -2.30. The van der Waals surface area contributed by atoms with Crippen molar-refractivity contribution in [1.29, 1.82) is 0 Å². The number of halogens is 1. The predicted molar refractivity (Wildman–Crippen MR) is 106 cm³/mol. The molecule has 1 saturated heterocycles. The van der Waals surface area contributed by atoms with E-state index in [-0.39, 0.29) is 5.75 Å². The zero-order chi connectivity index (χ0) is 18.1. The summed E-state index contributed by atoms with van der Waals surface area (Å²) in [5.41, 5.74) is 2.52. The van der Waals surface area contributed by atoms with Crippen molar-refractivity contribution in [2.45, 2.75) is 5.75 Å². The molecule has 0 amide bonds. The largest absolute Gasteiger partial charge is 0.368 e. The number of hydrogen-bond acceptors (Lipinski definition) is 4. The molecule has 2 aromatic carbocycles. The molecular weight excluding hydrogens is 370 g/mol. The molecule has 4 rings (SSSR count). The van der Waals surface area contributed by atoms with Crippen LogP contribution in [0.15, 0.2) is 54.7 Å². The molecule has 0 unspecified atom stereocenters. The molecule has 1 fully saturated rings. The maximum Gasteiger partial charge on any atom is 0.243 e. The first kappa shape index (κ1) is 17.4. The smallest absolute Gasteiger partial charge is 0.243 e. The van der Waals surface area contributed by atoms with Crippen LogP contribution in [0.2, 0.25) is 5.02 Å². The summed E-state index contributed by atoms with van der Waals surface area (Å²) >= 11 is 5.89. The van der Waals surface area contributed by atoms with Gasteiger partial charge in [-0.3, -0.25) is 0 Å². The second kappa shape index (κ2) is 6.95. The van der Waals surface area contributed by atoms with Crippen LogP contribution in [0, 0.1) is 0 Å². The normalized spacial score (nSPS) is 15.5. The third-order valence-electron chi connectivity index (χ3n) is 4.69. The fraction of sp³-hybridized carbons (Fsp3) is 0.263. The fourth-order valence-corrected chi connectivity index (χ4v) is 5.00. The van der Waals surface area contributed by atoms with E-state index < -0.39 is 10.0 Å². The topological polar surface area (TPSA) is 54.3 Å². The monoisotopic (exact) mass is 389 g/mol. The summed E-state index contributed by atoms with van der Waals surface area (Å²) in [6.07, 6.45) is 1.65. The molecule has 0 atom stereocenters. The van der Waals surface area contributed by atoms with Crippen LogP contribution in [0.5, 0.6) is 0 Å². The van der Waals surface area contributed by atoms with Gasteiger partial charge >= 0.3 is 0 Å². The van der Waals surface area contributed by atoms with E-state index in [1.54, 1.807) is 30.5 Å². The average molecular weight is 390 g/mol. The standard InChI is InChI=1S/C19H20ClN3O2S/c20-16-6-4-15(5-7-16)14-26(24,25)23-11-8-17-18(2-1-3-19(17)23)22-12-9-21-10-13-22/h1-8,11,21H,9-10,12-14H2. The highest BCUT2D eigenvalue weighted by Crippen LogP contribution is 2.29. The molecular formula is C19H20ClN3O2S. The van der Waals surface area contributed by atoms with Crippen molar-refractivity contribution in [3.63, 3.8) is 0 Å². The van der Waals surface area contributed by atoms with Crippen molar-refractivity contribution >= 4 is 38.2 Å². The first-order valence-corrected chi connectivity index (χ1v) is 10.6. The zero-order valence-electron chi connectivity index (χ0n) is 14.2. The Morgan fingerprint density at radius 1 is 1.00 bits per heavy atom. The summed E-state index contributed by atoms with van der Waals surface area (Å²) in [5, 5.41) is 4.90. The number of nitrogens with zero attached hydrogens (tertiary/aromatic N) is 2. The van der Waals surface area contributed by atoms with Crippen LogP contribution >= 0.6 is 11.6 Å². The van der Waals surface area contributed by atoms with Crippen LogP contribution in [0.25, 0.3) is 10.9 Å². The van der Waals surface area contributed by atoms with E-state index in [4.69, 9.17) is 11.6 Å². The highest BCUT2D eigenvalue weighted by Gasteiger charge is 2.20. The lowest BCUT2D eigenvalue weighted by atomic mass is 10.2. The fourth-order valence-electron chi connectivity index (χ4n) is 3.41. The molecule has 0 saturated carbocycles.